The monoisotopic (exact) mass is 362 g/mol. The van der Waals surface area contributed by atoms with E-state index in [9.17, 15) is 24.1 Å². The number of hydrogen-bond acceptors (Lipinski definition) is 5. The number of benzene rings is 2. The van der Waals surface area contributed by atoms with Crippen LogP contribution in [0.1, 0.15) is 23.6 Å². The minimum atomic E-state index is -1.33. The van der Waals surface area contributed by atoms with Gasteiger partial charge in [0.1, 0.15) is 12.4 Å². The van der Waals surface area contributed by atoms with E-state index in [1.807, 2.05) is 0 Å². The van der Waals surface area contributed by atoms with Crippen molar-refractivity contribution >= 4 is 17.7 Å². The highest BCUT2D eigenvalue weighted by atomic mass is 19.1. The molecule has 9 heteroatoms. The minimum absolute atomic E-state index is 0.0717. The molecule has 0 saturated carbocycles. The van der Waals surface area contributed by atoms with Crippen molar-refractivity contribution in [2.45, 2.75) is 19.1 Å². The van der Waals surface area contributed by atoms with Gasteiger partial charge in [-0.3, -0.25) is 14.9 Å². The highest BCUT2D eigenvalue weighted by molar-refractivity contribution is 5.72. The Labute approximate surface area is 147 Å². The molecule has 136 valence electrons. The molecule has 2 aromatic carbocycles. The highest BCUT2D eigenvalue weighted by Crippen LogP contribution is 2.28. The second-order valence-electron chi connectivity index (χ2n) is 5.32. The number of ether oxygens (including phenoxy) is 1. The molecule has 0 unspecified atom stereocenters. The number of hydrogen-bond donors (Lipinski definition) is 2. The Morgan fingerprint density at radius 3 is 2.54 bits per heavy atom. The predicted octanol–water partition coefficient (Wildman–Crippen LogP) is 3.18. The normalized spacial score (nSPS) is 11.4. The molecule has 2 aromatic rings. The Hall–Kier alpha value is -3.49. The van der Waals surface area contributed by atoms with Crippen molar-refractivity contribution in [1.82, 2.24) is 5.32 Å². The lowest BCUT2D eigenvalue weighted by Crippen LogP contribution is -2.31. The molecular formula is C17H15FN2O6. The van der Waals surface area contributed by atoms with Gasteiger partial charge in [0, 0.05) is 6.07 Å². The lowest BCUT2D eigenvalue weighted by molar-refractivity contribution is -0.385. The van der Waals surface area contributed by atoms with E-state index in [-0.39, 0.29) is 12.2 Å². The summed E-state index contributed by atoms with van der Waals surface area (Å²) >= 11 is 0. The minimum Gasteiger partial charge on any atom is -0.481 e. The van der Waals surface area contributed by atoms with Crippen LogP contribution in [-0.4, -0.2) is 22.1 Å². The van der Waals surface area contributed by atoms with Gasteiger partial charge in [0.05, 0.1) is 22.9 Å². The molecule has 1 amide bonds. The third-order valence-corrected chi connectivity index (χ3v) is 3.45. The Kier molecular flexibility index (Phi) is 6.20. The van der Waals surface area contributed by atoms with Gasteiger partial charge in [0.2, 0.25) is 0 Å². The van der Waals surface area contributed by atoms with Crippen molar-refractivity contribution in [2.24, 2.45) is 0 Å². The number of nitrogens with zero attached hydrogens (tertiary/aromatic N) is 1. The molecular weight excluding hydrogens is 347 g/mol. The van der Waals surface area contributed by atoms with Crippen molar-refractivity contribution in [1.29, 1.82) is 0 Å². The summed E-state index contributed by atoms with van der Waals surface area (Å²) in [5, 5.41) is 22.4. The summed E-state index contributed by atoms with van der Waals surface area (Å²) in [6.45, 7) is -0.0717. The Bertz CT molecular complexity index is 812. The van der Waals surface area contributed by atoms with Gasteiger partial charge in [-0.25, -0.2) is 9.18 Å². The van der Waals surface area contributed by atoms with Crippen LogP contribution in [0.5, 0.6) is 0 Å². The second-order valence-corrected chi connectivity index (χ2v) is 5.32. The molecule has 0 heterocycles. The van der Waals surface area contributed by atoms with Gasteiger partial charge in [-0.2, -0.15) is 0 Å². The van der Waals surface area contributed by atoms with E-state index in [4.69, 9.17) is 9.84 Å². The maximum atomic E-state index is 13.5. The Morgan fingerprint density at radius 1 is 1.23 bits per heavy atom. The maximum Gasteiger partial charge on any atom is 0.407 e. The molecule has 1 atom stereocenters. The average Bonchev–Trinajstić information content (AvgIpc) is 2.59. The van der Waals surface area contributed by atoms with Gasteiger partial charge in [-0.05, 0) is 17.7 Å². The van der Waals surface area contributed by atoms with E-state index >= 15 is 0 Å². The zero-order chi connectivity index (χ0) is 19.1. The zero-order valence-corrected chi connectivity index (χ0v) is 13.4. The second kappa shape index (κ2) is 8.56. The standard InChI is InChI=1S/C17H15FN2O6/c18-12-6-7-15(20(24)25)13(8-12)14(9-16(21)22)19-17(23)26-10-11-4-2-1-3-5-11/h1-8,14H,9-10H2,(H,19,23)(H,21,22)/t14-/m0/s1. The fourth-order valence-corrected chi connectivity index (χ4v) is 2.29. The lowest BCUT2D eigenvalue weighted by atomic mass is 10.0. The first-order valence-corrected chi connectivity index (χ1v) is 7.49. The number of nitrogens with one attached hydrogen (secondary N) is 1. The van der Waals surface area contributed by atoms with Crippen LogP contribution in [0.3, 0.4) is 0 Å². The van der Waals surface area contributed by atoms with Crippen LogP contribution in [-0.2, 0) is 16.1 Å². The van der Waals surface area contributed by atoms with Gasteiger partial charge in [0.25, 0.3) is 5.69 Å². The molecule has 0 saturated heterocycles. The van der Waals surface area contributed by atoms with Crippen molar-refractivity contribution < 1.29 is 28.7 Å². The van der Waals surface area contributed by atoms with Crippen LogP contribution in [0.25, 0.3) is 0 Å². The summed E-state index contributed by atoms with van der Waals surface area (Å²) in [6.07, 6.45) is -1.65. The largest absolute Gasteiger partial charge is 0.481 e. The van der Waals surface area contributed by atoms with Crippen molar-refractivity contribution in [3.63, 3.8) is 0 Å². The highest BCUT2D eigenvalue weighted by Gasteiger charge is 2.27. The maximum absolute atomic E-state index is 13.5. The third-order valence-electron chi connectivity index (χ3n) is 3.45. The predicted molar refractivity (Wildman–Crippen MR) is 87.8 cm³/mol. The number of alkyl carbamates (subject to hydrolysis) is 1. The van der Waals surface area contributed by atoms with Gasteiger partial charge in [0.15, 0.2) is 0 Å². The summed E-state index contributed by atoms with van der Waals surface area (Å²) in [4.78, 5) is 33.3. The summed E-state index contributed by atoms with van der Waals surface area (Å²) in [5.41, 5.74) is -0.0516. The van der Waals surface area contributed by atoms with Crippen LogP contribution >= 0.6 is 0 Å². The van der Waals surface area contributed by atoms with Crippen molar-refractivity contribution in [3.05, 3.63) is 75.6 Å². The SMILES string of the molecule is O=C(O)C[C@H](NC(=O)OCc1ccccc1)c1cc(F)ccc1[N+](=O)[O-]. The summed E-state index contributed by atoms with van der Waals surface area (Å²) < 4.78 is 18.5. The van der Waals surface area contributed by atoms with Crippen LogP contribution in [0.15, 0.2) is 48.5 Å². The fourth-order valence-electron chi connectivity index (χ4n) is 2.29. The molecule has 0 aromatic heterocycles. The third kappa shape index (κ3) is 5.26. The summed E-state index contributed by atoms with van der Waals surface area (Å²) in [5.74, 6) is -2.11. The quantitative estimate of drug-likeness (QED) is 0.577. The number of nitro benzene ring substituents is 1. The van der Waals surface area contributed by atoms with Gasteiger partial charge in [-0.15, -0.1) is 0 Å². The molecule has 2 N–H and O–H groups in total. The van der Waals surface area contributed by atoms with E-state index in [1.54, 1.807) is 30.3 Å². The molecule has 0 radical (unpaired) electrons. The van der Waals surface area contributed by atoms with Crippen LogP contribution in [0, 0.1) is 15.9 Å². The molecule has 0 spiro atoms. The number of carboxylic acids is 1. The topological polar surface area (TPSA) is 119 Å². The zero-order valence-electron chi connectivity index (χ0n) is 13.4. The van der Waals surface area contributed by atoms with Gasteiger partial charge >= 0.3 is 12.1 Å². The average molecular weight is 362 g/mol. The first-order chi connectivity index (χ1) is 12.4. The molecule has 8 nitrogen and oxygen atoms in total. The number of halogens is 1. The molecule has 0 aliphatic carbocycles. The van der Waals surface area contributed by atoms with E-state index in [0.717, 1.165) is 18.2 Å². The summed E-state index contributed by atoms with van der Waals surface area (Å²) in [7, 11) is 0. The molecule has 0 aliphatic rings. The number of carboxylic acid groups (broad SMARTS) is 1. The Morgan fingerprint density at radius 2 is 1.92 bits per heavy atom. The van der Waals surface area contributed by atoms with E-state index in [1.165, 1.54) is 0 Å². The van der Waals surface area contributed by atoms with Crippen molar-refractivity contribution in [3.8, 4) is 0 Å². The van der Waals surface area contributed by atoms with Crippen LogP contribution < -0.4 is 5.32 Å². The van der Waals surface area contributed by atoms with Crippen molar-refractivity contribution in [2.75, 3.05) is 0 Å². The number of carbonyl (C=O) groups is 2. The Balaban J connectivity index is 2.17. The fraction of sp³-hybridized carbons (Fsp3) is 0.176. The number of aliphatic carboxylic acids is 1. The van der Waals surface area contributed by atoms with E-state index in [0.29, 0.717) is 5.56 Å². The van der Waals surface area contributed by atoms with E-state index in [2.05, 4.69) is 5.32 Å². The summed E-state index contributed by atoms with van der Waals surface area (Å²) in [6, 6.07) is 10.0. The number of carbonyl (C=O) groups excluding carboxylic acids is 1. The van der Waals surface area contributed by atoms with E-state index < -0.39 is 41.0 Å². The molecule has 2 rings (SSSR count). The number of rotatable bonds is 7. The molecule has 0 aliphatic heterocycles. The number of amides is 1. The number of nitro groups is 1. The van der Waals surface area contributed by atoms with Gasteiger partial charge < -0.3 is 15.2 Å². The molecule has 0 bridgehead atoms. The van der Waals surface area contributed by atoms with Gasteiger partial charge in [-0.1, -0.05) is 30.3 Å². The molecule has 26 heavy (non-hydrogen) atoms. The van der Waals surface area contributed by atoms with Crippen LogP contribution in [0.2, 0.25) is 0 Å². The first-order valence-electron chi connectivity index (χ1n) is 7.49. The smallest absolute Gasteiger partial charge is 0.407 e. The lowest BCUT2D eigenvalue weighted by Gasteiger charge is -2.17. The van der Waals surface area contributed by atoms with Crippen LogP contribution in [0.4, 0.5) is 14.9 Å². The first kappa shape index (κ1) is 18.8. The molecule has 0 fully saturated rings.